The minimum atomic E-state index is -3.75. The van der Waals surface area contributed by atoms with E-state index in [1.54, 1.807) is 21.6 Å². The van der Waals surface area contributed by atoms with Crippen LogP contribution in [0.4, 0.5) is 5.69 Å². The Bertz CT molecular complexity index is 1270. The Kier molecular flexibility index (Phi) is 5.52. The van der Waals surface area contributed by atoms with E-state index in [-0.39, 0.29) is 28.3 Å². The van der Waals surface area contributed by atoms with Crippen LogP contribution >= 0.6 is 11.3 Å². The molecule has 1 amide bonds. The Morgan fingerprint density at radius 2 is 1.93 bits per heavy atom. The topological polar surface area (TPSA) is 88.5 Å². The third kappa shape index (κ3) is 3.92. The van der Waals surface area contributed by atoms with Gasteiger partial charge in [0.25, 0.3) is 0 Å². The van der Waals surface area contributed by atoms with Crippen molar-refractivity contribution in [3.63, 3.8) is 0 Å². The first-order valence-corrected chi connectivity index (χ1v) is 12.1. The van der Waals surface area contributed by atoms with Gasteiger partial charge in [-0.3, -0.25) is 14.2 Å². The number of hydrogen-bond donors (Lipinski definition) is 1. The molecule has 7 nitrogen and oxygen atoms in total. The lowest BCUT2D eigenvalue weighted by molar-refractivity contribution is -0.117. The molecule has 30 heavy (non-hydrogen) atoms. The second kappa shape index (κ2) is 7.98. The molecule has 4 rings (SSSR count). The molecule has 9 heteroatoms. The van der Waals surface area contributed by atoms with E-state index >= 15 is 0 Å². The molecule has 2 aromatic carbocycles. The van der Waals surface area contributed by atoms with Gasteiger partial charge in [-0.15, -0.1) is 0 Å². The zero-order valence-corrected chi connectivity index (χ0v) is 18.4. The van der Waals surface area contributed by atoms with E-state index < -0.39 is 10.0 Å². The fourth-order valence-electron chi connectivity index (χ4n) is 3.69. The van der Waals surface area contributed by atoms with Crippen LogP contribution in [-0.4, -0.2) is 25.4 Å². The highest BCUT2D eigenvalue weighted by molar-refractivity contribution is 7.89. The van der Waals surface area contributed by atoms with Crippen LogP contribution in [0.3, 0.4) is 0 Å². The predicted molar refractivity (Wildman–Crippen MR) is 119 cm³/mol. The maximum atomic E-state index is 12.8. The van der Waals surface area contributed by atoms with Gasteiger partial charge >= 0.3 is 4.87 Å². The fraction of sp³-hybridized carbons (Fsp3) is 0.333. The Morgan fingerprint density at radius 1 is 1.13 bits per heavy atom. The SMILES string of the molecule is CC(C)n1c(=O)sc2cc(S(=O)(=O)NCc3cccc(N4CCCC4=O)c3)ccc21. The Hall–Kier alpha value is -2.49. The lowest BCUT2D eigenvalue weighted by atomic mass is 10.2. The normalized spacial score (nSPS) is 14.9. The summed E-state index contributed by atoms with van der Waals surface area (Å²) in [5, 5.41) is 0. The maximum absolute atomic E-state index is 12.8. The van der Waals surface area contributed by atoms with Crippen LogP contribution in [0, 0.1) is 0 Å². The molecule has 0 saturated carbocycles. The molecule has 0 spiro atoms. The minimum absolute atomic E-state index is 0.00148. The van der Waals surface area contributed by atoms with Crippen molar-refractivity contribution in [3.05, 3.63) is 57.7 Å². The number of benzene rings is 2. The summed E-state index contributed by atoms with van der Waals surface area (Å²) >= 11 is 1.05. The van der Waals surface area contributed by atoms with Gasteiger partial charge in [0, 0.05) is 31.2 Å². The van der Waals surface area contributed by atoms with E-state index in [0.717, 1.165) is 34.5 Å². The summed E-state index contributed by atoms with van der Waals surface area (Å²) in [4.78, 5) is 25.9. The van der Waals surface area contributed by atoms with Gasteiger partial charge in [0.2, 0.25) is 15.9 Å². The van der Waals surface area contributed by atoms with Crippen molar-refractivity contribution in [2.75, 3.05) is 11.4 Å². The standard InChI is InChI=1S/C21H23N3O4S2/c1-14(2)24-18-9-8-17(12-19(18)29-21(24)26)30(27,28)22-13-15-5-3-6-16(11-15)23-10-4-7-20(23)25/h3,5-6,8-9,11-12,14,22H,4,7,10,13H2,1-2H3. The number of nitrogens with one attached hydrogen (secondary N) is 1. The Balaban J connectivity index is 1.55. The molecule has 0 aliphatic carbocycles. The largest absolute Gasteiger partial charge is 0.312 e. The molecule has 1 N–H and O–H groups in total. The second-order valence-corrected chi connectivity index (χ2v) is 10.4. The van der Waals surface area contributed by atoms with Crippen molar-refractivity contribution < 1.29 is 13.2 Å². The Morgan fingerprint density at radius 3 is 2.63 bits per heavy atom. The van der Waals surface area contributed by atoms with Crippen LogP contribution in [0.5, 0.6) is 0 Å². The van der Waals surface area contributed by atoms with E-state index in [9.17, 15) is 18.0 Å². The number of thiazole rings is 1. The number of sulfonamides is 1. The monoisotopic (exact) mass is 445 g/mol. The van der Waals surface area contributed by atoms with E-state index in [1.165, 1.54) is 6.07 Å². The summed E-state index contributed by atoms with van der Waals surface area (Å²) in [5.74, 6) is 0.0911. The first-order valence-electron chi connectivity index (χ1n) is 9.80. The molecule has 158 valence electrons. The lowest BCUT2D eigenvalue weighted by Gasteiger charge is -2.16. The van der Waals surface area contributed by atoms with Crippen molar-refractivity contribution in [2.45, 2.75) is 44.2 Å². The van der Waals surface area contributed by atoms with Crippen molar-refractivity contribution in [1.29, 1.82) is 0 Å². The molecule has 0 radical (unpaired) electrons. The van der Waals surface area contributed by atoms with Crippen molar-refractivity contribution in [2.24, 2.45) is 0 Å². The van der Waals surface area contributed by atoms with Crippen LogP contribution < -0.4 is 14.5 Å². The van der Waals surface area contributed by atoms with Crippen LogP contribution in [0.2, 0.25) is 0 Å². The average molecular weight is 446 g/mol. The van der Waals surface area contributed by atoms with Gasteiger partial charge in [0.1, 0.15) is 0 Å². The molecule has 2 heterocycles. The molecule has 1 aliphatic heterocycles. The van der Waals surface area contributed by atoms with Gasteiger partial charge in [0.05, 0.1) is 15.1 Å². The summed E-state index contributed by atoms with van der Waals surface area (Å²) in [6, 6.07) is 12.1. The number of hydrogen-bond acceptors (Lipinski definition) is 5. The lowest BCUT2D eigenvalue weighted by Crippen LogP contribution is -2.25. The minimum Gasteiger partial charge on any atom is -0.312 e. The zero-order valence-electron chi connectivity index (χ0n) is 16.8. The van der Waals surface area contributed by atoms with Crippen molar-refractivity contribution >= 4 is 43.2 Å². The number of fused-ring (bicyclic) bond motifs is 1. The highest BCUT2D eigenvalue weighted by atomic mass is 32.2. The average Bonchev–Trinajstić information content (AvgIpc) is 3.28. The van der Waals surface area contributed by atoms with Gasteiger partial charge in [0.15, 0.2) is 0 Å². The number of nitrogens with zero attached hydrogens (tertiary/aromatic N) is 2. The quantitative estimate of drug-likeness (QED) is 0.631. The summed E-state index contributed by atoms with van der Waals surface area (Å²) < 4.78 is 30.5. The highest BCUT2D eigenvalue weighted by Crippen LogP contribution is 2.25. The molecule has 0 atom stereocenters. The highest BCUT2D eigenvalue weighted by Gasteiger charge is 2.22. The molecule has 1 aliphatic rings. The van der Waals surface area contributed by atoms with Crippen LogP contribution in [0.1, 0.15) is 38.3 Å². The van der Waals surface area contributed by atoms with Crippen molar-refractivity contribution in [3.8, 4) is 0 Å². The summed E-state index contributed by atoms with van der Waals surface area (Å²) in [5.41, 5.74) is 2.30. The molecule has 1 fully saturated rings. The van der Waals surface area contributed by atoms with E-state index in [4.69, 9.17) is 0 Å². The molecule has 0 unspecified atom stereocenters. The van der Waals surface area contributed by atoms with Crippen LogP contribution in [0.25, 0.3) is 10.2 Å². The fourth-order valence-corrected chi connectivity index (χ4v) is 5.86. The number of carbonyl (C=O) groups excluding carboxylic acids is 1. The number of carbonyl (C=O) groups is 1. The first-order chi connectivity index (χ1) is 14.3. The van der Waals surface area contributed by atoms with E-state index in [0.29, 0.717) is 17.7 Å². The van der Waals surface area contributed by atoms with Gasteiger partial charge in [-0.1, -0.05) is 23.5 Å². The van der Waals surface area contributed by atoms with Gasteiger partial charge in [-0.2, -0.15) is 0 Å². The molecular formula is C21H23N3O4S2. The molecule has 1 saturated heterocycles. The second-order valence-electron chi connectivity index (χ2n) is 7.60. The zero-order chi connectivity index (χ0) is 21.5. The first kappa shape index (κ1) is 20.8. The van der Waals surface area contributed by atoms with E-state index in [1.807, 2.05) is 38.1 Å². The van der Waals surface area contributed by atoms with Gasteiger partial charge < -0.3 is 4.90 Å². The number of anilines is 1. The molecular weight excluding hydrogens is 422 g/mol. The predicted octanol–water partition coefficient (Wildman–Crippen LogP) is 3.25. The Labute approximate surface area is 179 Å². The number of rotatable bonds is 6. The molecule has 1 aromatic heterocycles. The summed E-state index contributed by atoms with van der Waals surface area (Å²) in [6.07, 6.45) is 1.38. The third-order valence-electron chi connectivity index (χ3n) is 5.17. The van der Waals surface area contributed by atoms with Crippen LogP contribution in [0.15, 0.2) is 52.2 Å². The van der Waals surface area contributed by atoms with Crippen LogP contribution in [-0.2, 0) is 21.4 Å². The van der Waals surface area contributed by atoms with Gasteiger partial charge in [-0.25, -0.2) is 13.1 Å². The van der Waals surface area contributed by atoms with E-state index in [2.05, 4.69) is 4.72 Å². The molecule has 0 bridgehead atoms. The smallest absolute Gasteiger partial charge is 0.308 e. The van der Waals surface area contributed by atoms with Gasteiger partial charge in [-0.05, 0) is 56.2 Å². The third-order valence-corrected chi connectivity index (χ3v) is 7.49. The summed E-state index contributed by atoms with van der Waals surface area (Å²) in [7, 11) is -3.75. The maximum Gasteiger partial charge on any atom is 0.308 e. The number of aromatic nitrogens is 1. The van der Waals surface area contributed by atoms with Crippen molar-refractivity contribution in [1.82, 2.24) is 9.29 Å². The summed E-state index contributed by atoms with van der Waals surface area (Å²) in [6.45, 7) is 4.64. The number of amides is 1. The molecule has 3 aromatic rings.